The fourth-order valence-electron chi connectivity index (χ4n) is 4.18. The SMILES string of the molecule is CC(C)c1[c]c(C(C)C)cc(C(=O)CCc2c(C(C)C)cc(C(C)C)cc2C(C)C)c1. The predicted molar refractivity (Wildman–Crippen MR) is 135 cm³/mol. The Hall–Kier alpha value is -1.89. The van der Waals surface area contributed by atoms with E-state index in [-0.39, 0.29) is 5.78 Å². The van der Waals surface area contributed by atoms with Gasteiger partial charge in [-0.05, 0) is 87.6 Å². The van der Waals surface area contributed by atoms with Crippen molar-refractivity contribution in [3.05, 3.63) is 69.3 Å². The highest BCUT2D eigenvalue weighted by Crippen LogP contribution is 2.33. The molecule has 0 heterocycles. The molecule has 0 aromatic heterocycles. The van der Waals surface area contributed by atoms with E-state index in [1.807, 2.05) is 0 Å². The Morgan fingerprint density at radius 3 is 1.48 bits per heavy atom. The topological polar surface area (TPSA) is 17.1 Å². The number of hydrogen-bond donors (Lipinski definition) is 0. The molecular formula is C30H43O. The van der Waals surface area contributed by atoms with E-state index in [2.05, 4.69) is 99.6 Å². The number of Topliss-reactive ketones (excluding diaryl/α,β-unsaturated/α-hetero) is 1. The van der Waals surface area contributed by atoms with Crippen molar-refractivity contribution in [1.29, 1.82) is 0 Å². The van der Waals surface area contributed by atoms with Gasteiger partial charge in [-0.3, -0.25) is 4.79 Å². The Balaban J connectivity index is 2.41. The molecule has 2 aromatic rings. The lowest BCUT2D eigenvalue weighted by Gasteiger charge is -2.23. The van der Waals surface area contributed by atoms with Crippen molar-refractivity contribution in [2.75, 3.05) is 0 Å². The molecule has 0 aliphatic carbocycles. The summed E-state index contributed by atoms with van der Waals surface area (Å²) in [5, 5.41) is 0. The summed E-state index contributed by atoms with van der Waals surface area (Å²) in [6, 6.07) is 12.4. The van der Waals surface area contributed by atoms with Gasteiger partial charge in [0.15, 0.2) is 5.78 Å². The number of carbonyl (C=O) groups is 1. The van der Waals surface area contributed by atoms with Crippen LogP contribution in [0.4, 0.5) is 0 Å². The van der Waals surface area contributed by atoms with Gasteiger partial charge in [0.2, 0.25) is 0 Å². The van der Waals surface area contributed by atoms with E-state index in [9.17, 15) is 4.79 Å². The first-order chi connectivity index (χ1) is 14.4. The van der Waals surface area contributed by atoms with Crippen molar-refractivity contribution in [1.82, 2.24) is 0 Å². The van der Waals surface area contributed by atoms with Crippen molar-refractivity contribution in [3.63, 3.8) is 0 Å². The van der Waals surface area contributed by atoms with Gasteiger partial charge in [0.25, 0.3) is 0 Å². The third-order valence-corrected chi connectivity index (χ3v) is 6.33. The summed E-state index contributed by atoms with van der Waals surface area (Å²) in [7, 11) is 0. The molecule has 0 N–H and O–H groups in total. The van der Waals surface area contributed by atoms with Crippen LogP contribution in [-0.4, -0.2) is 5.78 Å². The first kappa shape index (κ1) is 25.4. The Labute approximate surface area is 191 Å². The molecule has 0 atom stereocenters. The molecule has 169 valence electrons. The van der Waals surface area contributed by atoms with E-state index in [4.69, 9.17) is 0 Å². The van der Waals surface area contributed by atoms with Gasteiger partial charge in [-0.25, -0.2) is 0 Å². The molecule has 2 rings (SSSR count). The molecule has 1 radical (unpaired) electrons. The minimum atomic E-state index is 0.246. The molecule has 1 heteroatoms. The van der Waals surface area contributed by atoms with Crippen LogP contribution in [0.25, 0.3) is 0 Å². The highest BCUT2D eigenvalue weighted by molar-refractivity contribution is 5.96. The minimum Gasteiger partial charge on any atom is -0.294 e. The van der Waals surface area contributed by atoms with Gasteiger partial charge >= 0.3 is 0 Å². The fourth-order valence-corrected chi connectivity index (χ4v) is 4.18. The second-order valence-electron chi connectivity index (χ2n) is 10.7. The summed E-state index contributed by atoms with van der Waals surface area (Å²) < 4.78 is 0. The van der Waals surface area contributed by atoms with E-state index >= 15 is 0 Å². The maximum atomic E-state index is 13.3. The number of ketones is 1. The molecule has 0 bridgehead atoms. The average Bonchev–Trinajstić information content (AvgIpc) is 2.70. The second kappa shape index (κ2) is 10.6. The molecule has 0 amide bonds. The minimum absolute atomic E-state index is 0.246. The lowest BCUT2D eigenvalue weighted by molar-refractivity contribution is 0.0982. The maximum Gasteiger partial charge on any atom is 0.163 e. The summed E-state index contributed by atoms with van der Waals surface area (Å²) in [4.78, 5) is 13.3. The molecule has 0 unspecified atom stereocenters. The van der Waals surface area contributed by atoms with Crippen LogP contribution >= 0.6 is 0 Å². The van der Waals surface area contributed by atoms with Gasteiger partial charge in [0, 0.05) is 12.0 Å². The summed E-state index contributed by atoms with van der Waals surface area (Å²) in [6.07, 6.45) is 1.37. The molecule has 0 fully saturated rings. The Morgan fingerprint density at radius 2 is 1.13 bits per heavy atom. The molecule has 0 saturated heterocycles. The molecule has 0 spiro atoms. The van der Waals surface area contributed by atoms with Crippen LogP contribution in [0.5, 0.6) is 0 Å². The standard InChI is InChI=1S/C30H43O/c1-18(2)23-13-24(19(3)4)15-26(14-23)30(31)12-11-27-28(21(7)8)16-25(20(5)6)17-29(27)22(9)10/h14-22H,11-12H2,1-10H3. The van der Waals surface area contributed by atoms with E-state index in [0.717, 1.165) is 23.1 Å². The van der Waals surface area contributed by atoms with Gasteiger partial charge in [0.05, 0.1) is 0 Å². The molecule has 2 aromatic carbocycles. The fraction of sp³-hybridized carbons (Fsp3) is 0.567. The smallest absolute Gasteiger partial charge is 0.163 e. The lowest BCUT2D eigenvalue weighted by atomic mass is 9.82. The van der Waals surface area contributed by atoms with E-state index in [1.54, 1.807) is 0 Å². The largest absolute Gasteiger partial charge is 0.294 e. The monoisotopic (exact) mass is 419 g/mol. The third kappa shape index (κ3) is 6.31. The maximum absolute atomic E-state index is 13.3. The van der Waals surface area contributed by atoms with Crippen LogP contribution in [0.15, 0.2) is 24.3 Å². The van der Waals surface area contributed by atoms with Gasteiger partial charge < -0.3 is 0 Å². The van der Waals surface area contributed by atoms with Crippen molar-refractivity contribution < 1.29 is 4.79 Å². The Bertz CT molecular complexity index is 841. The zero-order valence-electron chi connectivity index (χ0n) is 21.5. The van der Waals surface area contributed by atoms with Crippen LogP contribution in [0.1, 0.15) is 149 Å². The first-order valence-corrected chi connectivity index (χ1v) is 12.2. The third-order valence-electron chi connectivity index (χ3n) is 6.33. The molecule has 0 aliphatic heterocycles. The summed E-state index contributed by atoms with van der Waals surface area (Å²) in [5.74, 6) is 2.40. The quantitative estimate of drug-likeness (QED) is 0.371. The van der Waals surface area contributed by atoms with E-state index in [0.29, 0.717) is 36.0 Å². The molecule has 1 nitrogen and oxygen atoms in total. The van der Waals surface area contributed by atoms with Crippen molar-refractivity contribution in [3.8, 4) is 0 Å². The van der Waals surface area contributed by atoms with Crippen LogP contribution in [0.3, 0.4) is 0 Å². The van der Waals surface area contributed by atoms with Crippen molar-refractivity contribution in [2.24, 2.45) is 0 Å². The molecule has 0 saturated carbocycles. The molecule has 31 heavy (non-hydrogen) atoms. The number of benzene rings is 2. The van der Waals surface area contributed by atoms with Crippen LogP contribution in [0, 0.1) is 6.07 Å². The zero-order valence-corrected chi connectivity index (χ0v) is 21.5. The van der Waals surface area contributed by atoms with Crippen LogP contribution in [-0.2, 0) is 6.42 Å². The van der Waals surface area contributed by atoms with E-state index in [1.165, 1.54) is 22.3 Å². The first-order valence-electron chi connectivity index (χ1n) is 12.2. The normalized spacial score (nSPS) is 12.1. The average molecular weight is 420 g/mol. The predicted octanol–water partition coefficient (Wildman–Crippen LogP) is 8.92. The van der Waals surface area contributed by atoms with Gasteiger partial charge in [0.1, 0.15) is 0 Å². The highest BCUT2D eigenvalue weighted by Gasteiger charge is 2.19. The van der Waals surface area contributed by atoms with Crippen LogP contribution < -0.4 is 0 Å². The van der Waals surface area contributed by atoms with Crippen molar-refractivity contribution >= 4 is 5.78 Å². The molecular weight excluding hydrogens is 376 g/mol. The Kier molecular flexibility index (Phi) is 8.69. The Morgan fingerprint density at radius 1 is 0.677 bits per heavy atom. The van der Waals surface area contributed by atoms with Crippen LogP contribution in [0.2, 0.25) is 0 Å². The van der Waals surface area contributed by atoms with Gasteiger partial charge in [-0.15, -0.1) is 0 Å². The zero-order chi connectivity index (χ0) is 23.5. The number of rotatable bonds is 9. The molecule has 0 aliphatic rings. The van der Waals surface area contributed by atoms with Gasteiger partial charge in [-0.1, -0.05) is 81.4 Å². The number of hydrogen-bond acceptors (Lipinski definition) is 1. The summed E-state index contributed by atoms with van der Waals surface area (Å²) in [5.41, 5.74) is 8.75. The van der Waals surface area contributed by atoms with Gasteiger partial charge in [-0.2, -0.15) is 0 Å². The highest BCUT2D eigenvalue weighted by atomic mass is 16.1. The second-order valence-corrected chi connectivity index (χ2v) is 10.7. The number of carbonyl (C=O) groups excluding carboxylic acids is 1. The summed E-state index contributed by atoms with van der Waals surface area (Å²) >= 11 is 0. The lowest BCUT2D eigenvalue weighted by Crippen LogP contribution is -2.10. The van der Waals surface area contributed by atoms with Crippen molar-refractivity contribution in [2.45, 2.75) is 112 Å². The van der Waals surface area contributed by atoms with E-state index < -0.39 is 0 Å². The summed E-state index contributed by atoms with van der Waals surface area (Å²) in [6.45, 7) is 22.3.